The number of oxazole rings is 1. The minimum atomic E-state index is -0.137. The van der Waals surface area contributed by atoms with E-state index in [1.54, 1.807) is 12.1 Å². The fraction of sp³-hybridized carbons (Fsp3) is 0.346. The Morgan fingerprint density at radius 1 is 0.970 bits per heavy atom. The molecule has 172 valence electrons. The largest absolute Gasteiger partial charge is 0.435 e. The summed E-state index contributed by atoms with van der Waals surface area (Å²) in [6.45, 7) is 9.38. The molecule has 4 rings (SSSR count). The molecule has 0 spiro atoms. The van der Waals surface area contributed by atoms with E-state index in [2.05, 4.69) is 43.2 Å². The molecule has 3 aromatic rings. The summed E-state index contributed by atoms with van der Waals surface area (Å²) in [6.07, 6.45) is 0. The fourth-order valence-electron chi connectivity index (χ4n) is 3.72. The first-order valence-electron chi connectivity index (χ1n) is 11.1. The summed E-state index contributed by atoms with van der Waals surface area (Å²) in [7, 11) is 0. The molecule has 1 fully saturated rings. The molecule has 1 saturated heterocycles. The molecule has 33 heavy (non-hydrogen) atoms. The number of nitrogens with zero attached hydrogens (tertiary/aromatic N) is 2. The average Bonchev–Trinajstić information content (AvgIpc) is 3.24. The van der Waals surface area contributed by atoms with Gasteiger partial charge in [0, 0.05) is 48.3 Å². The number of carbonyl (C=O) groups excluding carboxylic acids is 2. The first-order valence-corrected chi connectivity index (χ1v) is 12.2. The number of hydrogen-bond acceptors (Lipinski definition) is 5. The van der Waals surface area contributed by atoms with Crippen molar-refractivity contribution < 1.29 is 14.0 Å². The van der Waals surface area contributed by atoms with Crippen LogP contribution in [0.2, 0.25) is 0 Å². The van der Waals surface area contributed by atoms with E-state index >= 15 is 0 Å². The third kappa shape index (κ3) is 5.30. The fourth-order valence-corrected chi connectivity index (χ4v) is 4.62. The highest BCUT2D eigenvalue weighted by molar-refractivity contribution is 7.99. The van der Waals surface area contributed by atoms with Gasteiger partial charge < -0.3 is 14.6 Å². The smallest absolute Gasteiger partial charge is 0.276 e. The van der Waals surface area contributed by atoms with E-state index < -0.39 is 0 Å². The maximum absolute atomic E-state index is 13.4. The van der Waals surface area contributed by atoms with Crippen LogP contribution in [0.5, 0.6) is 0 Å². The number of anilines is 1. The summed E-state index contributed by atoms with van der Waals surface area (Å²) >= 11 is 1.85. The Morgan fingerprint density at radius 2 is 1.58 bits per heavy atom. The van der Waals surface area contributed by atoms with Crippen molar-refractivity contribution in [2.24, 2.45) is 0 Å². The molecule has 1 N–H and O–H groups in total. The topological polar surface area (TPSA) is 75.4 Å². The van der Waals surface area contributed by atoms with E-state index in [0.717, 1.165) is 22.6 Å². The number of carbonyl (C=O) groups is 2. The van der Waals surface area contributed by atoms with Gasteiger partial charge in [0.25, 0.3) is 5.91 Å². The lowest BCUT2D eigenvalue weighted by Gasteiger charge is -2.25. The first-order chi connectivity index (χ1) is 15.7. The first kappa shape index (κ1) is 23.1. The van der Waals surface area contributed by atoms with Gasteiger partial charge in [-0.25, -0.2) is 4.98 Å². The molecule has 2 aromatic carbocycles. The summed E-state index contributed by atoms with van der Waals surface area (Å²) in [4.78, 5) is 31.2. The zero-order valence-electron chi connectivity index (χ0n) is 19.5. The zero-order valence-corrected chi connectivity index (χ0v) is 20.3. The highest BCUT2D eigenvalue weighted by Gasteiger charge is 2.27. The Balaban J connectivity index is 1.73. The summed E-state index contributed by atoms with van der Waals surface area (Å²) in [5.74, 6) is 2.46. The maximum Gasteiger partial charge on any atom is 0.276 e. The van der Waals surface area contributed by atoms with E-state index in [1.807, 2.05) is 40.9 Å². The molecule has 6 nitrogen and oxygen atoms in total. The predicted octanol–water partition coefficient (Wildman–Crippen LogP) is 5.45. The second-order valence-corrected chi connectivity index (χ2v) is 10.4. The summed E-state index contributed by atoms with van der Waals surface area (Å²) in [6, 6.07) is 15.4. The van der Waals surface area contributed by atoms with Crippen LogP contribution < -0.4 is 5.32 Å². The highest BCUT2D eigenvalue weighted by Crippen LogP contribution is 2.33. The number of hydrogen-bond donors (Lipinski definition) is 1. The van der Waals surface area contributed by atoms with Crippen molar-refractivity contribution in [3.63, 3.8) is 0 Å². The van der Waals surface area contributed by atoms with E-state index in [0.29, 0.717) is 36.1 Å². The number of thioether (sulfide) groups is 1. The minimum Gasteiger partial charge on any atom is -0.435 e. The monoisotopic (exact) mass is 463 g/mol. The SMILES string of the molecule is CC(=O)Nc1ccc(-c2oc(-c3ccc(C(C)(C)C)cc3)nc2C(=O)N2CCSCC2)cc1. The lowest BCUT2D eigenvalue weighted by Crippen LogP contribution is -2.38. The molecule has 0 radical (unpaired) electrons. The molecule has 0 atom stereocenters. The van der Waals surface area contributed by atoms with E-state index in [9.17, 15) is 9.59 Å². The molecule has 1 aliphatic rings. The Kier molecular flexibility index (Phi) is 6.61. The second kappa shape index (κ2) is 9.43. The maximum atomic E-state index is 13.4. The number of amides is 2. The lowest BCUT2D eigenvalue weighted by molar-refractivity contribution is -0.114. The third-order valence-electron chi connectivity index (χ3n) is 5.59. The molecule has 0 saturated carbocycles. The van der Waals surface area contributed by atoms with Crippen LogP contribution in [-0.2, 0) is 10.2 Å². The van der Waals surface area contributed by atoms with Gasteiger partial charge in [0.1, 0.15) is 0 Å². The van der Waals surface area contributed by atoms with Crippen LogP contribution >= 0.6 is 11.8 Å². The predicted molar refractivity (Wildman–Crippen MR) is 134 cm³/mol. The van der Waals surface area contributed by atoms with Crippen LogP contribution in [0.3, 0.4) is 0 Å². The summed E-state index contributed by atoms with van der Waals surface area (Å²) in [5, 5.41) is 2.76. The Labute approximate surface area is 198 Å². The molecular formula is C26H29N3O3S. The number of benzene rings is 2. The van der Waals surface area contributed by atoms with Crippen molar-refractivity contribution >= 4 is 29.3 Å². The molecule has 7 heteroatoms. The minimum absolute atomic E-state index is 0.0450. The van der Waals surface area contributed by atoms with Gasteiger partial charge in [-0.15, -0.1) is 0 Å². The standard InChI is InChI=1S/C26H29N3O3S/c1-17(30)27-21-11-7-18(8-12-21)23-22(25(31)29-13-15-33-16-14-29)28-24(32-23)19-5-9-20(10-6-19)26(2,3)4/h5-12H,13-16H2,1-4H3,(H,27,30). The quantitative estimate of drug-likeness (QED) is 0.557. The highest BCUT2D eigenvalue weighted by atomic mass is 32.2. The molecule has 2 amide bonds. The van der Waals surface area contributed by atoms with Gasteiger partial charge in [-0.1, -0.05) is 32.9 Å². The van der Waals surface area contributed by atoms with Crippen molar-refractivity contribution in [1.29, 1.82) is 0 Å². The Hall–Kier alpha value is -3.06. The average molecular weight is 464 g/mol. The van der Waals surface area contributed by atoms with E-state index in [4.69, 9.17) is 4.42 Å². The molecular weight excluding hydrogens is 434 g/mol. The van der Waals surface area contributed by atoms with Gasteiger partial charge in [0.15, 0.2) is 11.5 Å². The van der Waals surface area contributed by atoms with Gasteiger partial charge in [-0.2, -0.15) is 11.8 Å². The van der Waals surface area contributed by atoms with Crippen LogP contribution in [0, 0.1) is 0 Å². The van der Waals surface area contributed by atoms with Crippen molar-refractivity contribution in [3.05, 3.63) is 59.8 Å². The van der Waals surface area contributed by atoms with Crippen LogP contribution in [0.25, 0.3) is 22.8 Å². The van der Waals surface area contributed by atoms with Gasteiger partial charge in [-0.3, -0.25) is 9.59 Å². The van der Waals surface area contributed by atoms with Gasteiger partial charge in [0.05, 0.1) is 0 Å². The van der Waals surface area contributed by atoms with Gasteiger partial charge >= 0.3 is 0 Å². The van der Waals surface area contributed by atoms with Gasteiger partial charge in [-0.05, 0) is 47.4 Å². The molecule has 0 unspecified atom stereocenters. The van der Waals surface area contributed by atoms with Crippen molar-refractivity contribution in [2.75, 3.05) is 29.9 Å². The molecule has 0 bridgehead atoms. The number of nitrogens with one attached hydrogen (secondary N) is 1. The summed E-state index contributed by atoms with van der Waals surface area (Å²) in [5.41, 5.74) is 3.84. The molecule has 0 aliphatic carbocycles. The van der Waals surface area contributed by atoms with Crippen LogP contribution in [-0.4, -0.2) is 46.3 Å². The number of aromatic nitrogens is 1. The van der Waals surface area contributed by atoms with Crippen LogP contribution in [0.1, 0.15) is 43.7 Å². The molecule has 2 heterocycles. The second-order valence-electron chi connectivity index (χ2n) is 9.19. The Bertz CT molecular complexity index is 1140. The Morgan fingerprint density at radius 3 is 2.15 bits per heavy atom. The van der Waals surface area contributed by atoms with Gasteiger partial charge in [0.2, 0.25) is 11.8 Å². The number of rotatable bonds is 4. The normalized spacial score (nSPS) is 14.2. The molecule has 1 aromatic heterocycles. The third-order valence-corrected chi connectivity index (χ3v) is 6.54. The zero-order chi connectivity index (χ0) is 23.6. The van der Waals surface area contributed by atoms with Crippen molar-refractivity contribution in [2.45, 2.75) is 33.1 Å². The summed E-state index contributed by atoms with van der Waals surface area (Å²) < 4.78 is 6.19. The van der Waals surface area contributed by atoms with Crippen molar-refractivity contribution in [1.82, 2.24) is 9.88 Å². The van der Waals surface area contributed by atoms with Crippen LogP contribution in [0.4, 0.5) is 5.69 Å². The van der Waals surface area contributed by atoms with E-state index in [1.165, 1.54) is 12.5 Å². The van der Waals surface area contributed by atoms with E-state index in [-0.39, 0.29) is 17.2 Å². The lowest BCUT2D eigenvalue weighted by atomic mass is 9.87. The van der Waals surface area contributed by atoms with Crippen LogP contribution in [0.15, 0.2) is 52.9 Å². The van der Waals surface area contributed by atoms with Crippen molar-refractivity contribution in [3.8, 4) is 22.8 Å². The molecule has 1 aliphatic heterocycles.